The topological polar surface area (TPSA) is 217 Å². The first kappa shape index (κ1) is 35.6. The van der Waals surface area contributed by atoms with Crippen molar-refractivity contribution in [3.63, 3.8) is 0 Å². The molecule has 1 fully saturated rings. The fourth-order valence-corrected chi connectivity index (χ4v) is 5.99. The molecule has 2 aliphatic rings. The molecule has 45 heavy (non-hydrogen) atoms. The lowest BCUT2D eigenvalue weighted by Gasteiger charge is -2.24. The van der Waals surface area contributed by atoms with Crippen LogP contribution >= 0.6 is 0 Å². The number of nitrogens with zero attached hydrogens (tertiary/aromatic N) is 2. The Kier molecular flexibility index (Phi) is 13.5. The van der Waals surface area contributed by atoms with Gasteiger partial charge in [0.25, 0.3) is 11.8 Å². The van der Waals surface area contributed by atoms with Crippen LogP contribution < -0.4 is 26.8 Å². The van der Waals surface area contributed by atoms with Crippen molar-refractivity contribution in [3.05, 3.63) is 40.3 Å². The Morgan fingerprint density at radius 3 is 2.20 bits per heavy atom. The summed E-state index contributed by atoms with van der Waals surface area (Å²) in [4.78, 5) is 65.2. The number of imide groups is 1. The van der Waals surface area contributed by atoms with E-state index in [-0.39, 0.29) is 48.4 Å². The first-order valence-corrected chi connectivity index (χ1v) is 15.9. The third-order valence-corrected chi connectivity index (χ3v) is 8.65. The van der Waals surface area contributed by atoms with Gasteiger partial charge in [-0.05, 0) is 56.1 Å². The maximum Gasteiger partial charge on any atom is 0.479 e. The summed E-state index contributed by atoms with van der Waals surface area (Å²) in [5, 5.41) is 28.1. The Labute approximate surface area is 264 Å². The maximum atomic E-state index is 13.2. The van der Waals surface area contributed by atoms with Gasteiger partial charge in [-0.15, -0.1) is 10.3 Å². The minimum atomic E-state index is -1.72. The van der Waals surface area contributed by atoms with E-state index < -0.39 is 24.5 Å². The van der Waals surface area contributed by atoms with Crippen LogP contribution in [0.25, 0.3) is 0 Å². The molecular weight excluding hydrogens is 581 g/mol. The number of fused-ring (bicyclic) bond motifs is 1. The molecule has 0 aromatic heterocycles. The average Bonchev–Trinajstić information content (AvgIpc) is 3.69. The summed E-state index contributed by atoms with van der Waals surface area (Å²) in [5.41, 5.74) is 7.39. The molecule has 1 aromatic carbocycles. The van der Waals surface area contributed by atoms with Gasteiger partial charge in [0.2, 0.25) is 11.8 Å². The van der Waals surface area contributed by atoms with E-state index in [1.165, 1.54) is 4.90 Å². The largest absolute Gasteiger partial charge is 0.479 e. The van der Waals surface area contributed by atoms with Crippen LogP contribution in [0.4, 0.5) is 0 Å². The lowest BCUT2D eigenvalue weighted by atomic mass is 9.72. The zero-order chi connectivity index (χ0) is 33.0. The van der Waals surface area contributed by atoms with Crippen molar-refractivity contribution in [2.45, 2.75) is 96.0 Å². The van der Waals surface area contributed by atoms with Crippen LogP contribution in [-0.4, -0.2) is 76.2 Å². The van der Waals surface area contributed by atoms with Crippen molar-refractivity contribution < 1.29 is 34.2 Å². The standard InChI is InChI=1S/C30H46BN7O7/c1-20(2)23-19-30(23,31(43)44)35-26(40)24(15-12-17-33-29(32)36-37-45)34-25(39)16-8-6-4-3-5-7-11-18-38-27(41)21-13-9-10-14-22(21)28(38)42/h9-10,13-14,20,23-24,43-44H,3-8,11-12,15-19H2,1-2H3,(H,34,39)(H,35,40)(H3,32,33,36,45)/p+1/t23?,24-,30?/m0/s1. The third-order valence-electron chi connectivity index (χ3n) is 8.65. The third kappa shape index (κ3) is 9.82. The number of guanidine groups is 1. The molecule has 4 amide bonds. The summed E-state index contributed by atoms with van der Waals surface area (Å²) in [6.07, 6.45) is 7.38. The first-order chi connectivity index (χ1) is 21.5. The number of hydrogen-bond donors (Lipinski definition) is 7. The van der Waals surface area contributed by atoms with Gasteiger partial charge in [0.15, 0.2) is 0 Å². The van der Waals surface area contributed by atoms with Crippen LogP contribution in [-0.2, 0) is 9.59 Å². The quantitative estimate of drug-likeness (QED) is 0.0194. The summed E-state index contributed by atoms with van der Waals surface area (Å²) < 4.78 is 0. The Morgan fingerprint density at radius 1 is 1.04 bits per heavy atom. The predicted octanol–water partition coefficient (Wildman–Crippen LogP) is -0.122. The Hall–Kier alpha value is -3.85. The van der Waals surface area contributed by atoms with Crippen molar-refractivity contribution in [2.24, 2.45) is 22.9 Å². The van der Waals surface area contributed by atoms with Gasteiger partial charge >= 0.3 is 13.1 Å². The molecule has 0 radical (unpaired) electrons. The summed E-state index contributed by atoms with van der Waals surface area (Å²) in [6.45, 7) is 4.63. The second kappa shape index (κ2) is 17.0. The highest BCUT2D eigenvalue weighted by molar-refractivity contribution is 6.47. The summed E-state index contributed by atoms with van der Waals surface area (Å²) in [7, 11) is -1.72. The van der Waals surface area contributed by atoms with E-state index in [1.54, 1.807) is 24.3 Å². The highest BCUT2D eigenvalue weighted by Gasteiger charge is 2.64. The van der Waals surface area contributed by atoms with E-state index in [0.717, 1.165) is 38.5 Å². The van der Waals surface area contributed by atoms with Crippen molar-refractivity contribution in [2.75, 3.05) is 13.1 Å². The van der Waals surface area contributed by atoms with Crippen LogP contribution in [0.1, 0.15) is 105 Å². The monoisotopic (exact) mass is 628 g/mol. The van der Waals surface area contributed by atoms with Gasteiger partial charge in [0.05, 0.1) is 23.1 Å². The number of carbonyl (C=O) groups excluding carboxylic acids is 4. The molecule has 1 saturated carbocycles. The molecule has 0 saturated heterocycles. The van der Waals surface area contributed by atoms with Crippen molar-refractivity contribution in [1.29, 1.82) is 0 Å². The molecule has 15 heteroatoms. The average molecular weight is 629 g/mol. The fourth-order valence-electron chi connectivity index (χ4n) is 5.99. The van der Waals surface area contributed by atoms with E-state index >= 15 is 0 Å². The number of amides is 4. The molecule has 3 rings (SSSR count). The van der Waals surface area contributed by atoms with Crippen molar-refractivity contribution in [3.8, 4) is 0 Å². The minimum absolute atomic E-state index is 0.0297. The van der Waals surface area contributed by atoms with Crippen LogP contribution in [0, 0.1) is 16.7 Å². The number of hydrogen-bond acceptors (Lipinski definition) is 8. The molecule has 1 aliphatic carbocycles. The van der Waals surface area contributed by atoms with Crippen LogP contribution in [0.15, 0.2) is 29.6 Å². The number of carbonyl (C=O) groups is 4. The lowest BCUT2D eigenvalue weighted by molar-refractivity contribution is -0.461. The van der Waals surface area contributed by atoms with Gasteiger partial charge in [-0.2, -0.15) is 0 Å². The molecule has 3 atom stereocenters. The molecule has 1 aliphatic heterocycles. The normalized spacial score (nSPS) is 19.7. The summed E-state index contributed by atoms with van der Waals surface area (Å²) in [5.74, 6) is -1.18. The number of benzene rings is 1. The van der Waals surface area contributed by atoms with Gasteiger partial charge in [-0.1, -0.05) is 58.1 Å². The second-order valence-electron chi connectivity index (χ2n) is 12.3. The Morgan fingerprint density at radius 2 is 1.64 bits per heavy atom. The second-order valence-corrected chi connectivity index (χ2v) is 12.3. The lowest BCUT2D eigenvalue weighted by Crippen LogP contribution is -2.78. The fraction of sp³-hybridized carbons (Fsp3) is 0.633. The number of unbranched alkanes of at least 4 members (excludes halogenated alkanes) is 6. The van der Waals surface area contributed by atoms with Gasteiger partial charge in [-0.3, -0.25) is 34.8 Å². The van der Waals surface area contributed by atoms with Gasteiger partial charge < -0.3 is 20.7 Å². The SMILES string of the molecule is CC(C)C1CC1(NC(=O)[C@H](CCC[NH+]=C(N)NN=O)NC(=O)CCCCCCCCCN1C(=O)c2ccccc2C1=O)B(O)O. The molecule has 8 N–H and O–H groups in total. The minimum Gasteiger partial charge on any atom is -0.426 e. The molecule has 14 nitrogen and oxygen atoms in total. The van der Waals surface area contributed by atoms with E-state index in [0.29, 0.717) is 43.5 Å². The number of nitrogens with one attached hydrogen (secondary N) is 4. The zero-order valence-corrected chi connectivity index (χ0v) is 26.2. The molecule has 1 heterocycles. The first-order valence-electron chi connectivity index (χ1n) is 15.9. The predicted molar refractivity (Wildman–Crippen MR) is 168 cm³/mol. The van der Waals surface area contributed by atoms with Crippen LogP contribution in [0.5, 0.6) is 0 Å². The molecule has 0 bridgehead atoms. The Balaban J connectivity index is 1.36. The van der Waals surface area contributed by atoms with Crippen molar-refractivity contribution in [1.82, 2.24) is 21.0 Å². The van der Waals surface area contributed by atoms with E-state index in [4.69, 9.17) is 5.73 Å². The highest BCUT2D eigenvalue weighted by Crippen LogP contribution is 2.49. The van der Waals surface area contributed by atoms with Crippen LogP contribution in [0.3, 0.4) is 0 Å². The van der Waals surface area contributed by atoms with E-state index in [9.17, 15) is 34.1 Å². The summed E-state index contributed by atoms with van der Waals surface area (Å²) in [6, 6.07) is 5.99. The summed E-state index contributed by atoms with van der Waals surface area (Å²) >= 11 is 0. The number of rotatable bonds is 20. The maximum absolute atomic E-state index is 13.2. The number of nitrogens with two attached hydrogens (primary N) is 1. The molecular formula is C30H47BN7O7+. The van der Waals surface area contributed by atoms with E-state index in [1.807, 2.05) is 19.3 Å². The highest BCUT2D eigenvalue weighted by atomic mass is 16.4. The number of nitroso groups, excluding NO2 is 1. The van der Waals surface area contributed by atoms with Gasteiger partial charge in [0.1, 0.15) is 11.3 Å². The molecule has 1 aromatic rings. The Bertz CT molecular complexity index is 1210. The van der Waals surface area contributed by atoms with Crippen LogP contribution in [0.2, 0.25) is 0 Å². The smallest absolute Gasteiger partial charge is 0.426 e. The van der Waals surface area contributed by atoms with Gasteiger partial charge in [-0.25, -0.2) is 0 Å². The zero-order valence-electron chi connectivity index (χ0n) is 26.2. The van der Waals surface area contributed by atoms with Crippen molar-refractivity contribution >= 4 is 36.7 Å². The molecule has 2 unspecified atom stereocenters. The van der Waals surface area contributed by atoms with Gasteiger partial charge in [0, 0.05) is 13.0 Å². The molecule has 0 spiro atoms. The van der Waals surface area contributed by atoms with E-state index in [2.05, 4.69) is 20.9 Å². The molecule has 246 valence electrons.